The maximum absolute atomic E-state index is 4.43. The Hall–Kier alpha value is -1.88. The number of rotatable bonds is 6. The van der Waals surface area contributed by atoms with Crippen molar-refractivity contribution < 1.29 is 0 Å². The maximum Gasteiger partial charge on any atom is 0.147 e. The highest BCUT2D eigenvalue weighted by Crippen LogP contribution is 2.28. The van der Waals surface area contributed by atoms with E-state index in [9.17, 15) is 0 Å². The SMILES string of the molecule is Cc1nc(C)n(CCCNC2CCN(c3ccc4c(c3)CCC4)CC2)n1. The number of anilines is 1. The van der Waals surface area contributed by atoms with E-state index in [-0.39, 0.29) is 0 Å². The second kappa shape index (κ2) is 7.78. The van der Waals surface area contributed by atoms with E-state index >= 15 is 0 Å². The molecule has 5 nitrogen and oxygen atoms in total. The fraction of sp³-hybridized carbons (Fsp3) is 0.619. The van der Waals surface area contributed by atoms with Crippen molar-refractivity contribution in [3.05, 3.63) is 41.0 Å². The standard InChI is InChI=1S/C21H31N5/c1-16-23-17(2)26(24-16)12-4-11-22-20-9-13-25(14-10-20)21-8-7-18-5-3-6-19(18)15-21/h7-8,15,20,22H,3-6,9-14H2,1-2H3. The van der Waals surface area contributed by atoms with Gasteiger partial charge in [0.2, 0.25) is 0 Å². The number of aryl methyl sites for hydroxylation is 5. The highest BCUT2D eigenvalue weighted by molar-refractivity contribution is 5.52. The van der Waals surface area contributed by atoms with Crippen LogP contribution in [0.15, 0.2) is 18.2 Å². The summed E-state index contributed by atoms with van der Waals surface area (Å²) < 4.78 is 2.02. The fourth-order valence-corrected chi connectivity index (χ4v) is 4.40. The van der Waals surface area contributed by atoms with E-state index in [0.29, 0.717) is 6.04 Å². The van der Waals surface area contributed by atoms with E-state index in [2.05, 4.69) is 38.5 Å². The summed E-state index contributed by atoms with van der Waals surface area (Å²) in [7, 11) is 0. The lowest BCUT2D eigenvalue weighted by molar-refractivity contribution is 0.403. The van der Waals surface area contributed by atoms with Gasteiger partial charge in [-0.25, -0.2) is 4.98 Å². The molecule has 1 fully saturated rings. The summed E-state index contributed by atoms with van der Waals surface area (Å²) in [6.45, 7) is 8.32. The first-order valence-corrected chi connectivity index (χ1v) is 10.2. The van der Waals surface area contributed by atoms with Gasteiger partial charge in [0.15, 0.2) is 0 Å². The van der Waals surface area contributed by atoms with Crippen LogP contribution >= 0.6 is 0 Å². The number of hydrogen-bond acceptors (Lipinski definition) is 4. The van der Waals surface area contributed by atoms with E-state index in [4.69, 9.17) is 0 Å². The second-order valence-corrected chi connectivity index (χ2v) is 7.80. The molecule has 26 heavy (non-hydrogen) atoms. The molecule has 4 rings (SSSR count). The highest BCUT2D eigenvalue weighted by atomic mass is 15.3. The molecule has 0 spiro atoms. The number of nitrogens with one attached hydrogen (secondary N) is 1. The smallest absolute Gasteiger partial charge is 0.147 e. The van der Waals surface area contributed by atoms with Crippen molar-refractivity contribution >= 4 is 5.69 Å². The summed E-state index contributed by atoms with van der Waals surface area (Å²) in [6.07, 6.45) is 7.45. The molecule has 1 aliphatic heterocycles. The van der Waals surface area contributed by atoms with Gasteiger partial charge in [-0.2, -0.15) is 5.10 Å². The Morgan fingerprint density at radius 2 is 1.92 bits per heavy atom. The normalized spacial score (nSPS) is 17.7. The third-order valence-electron chi connectivity index (χ3n) is 5.88. The van der Waals surface area contributed by atoms with Crippen molar-refractivity contribution in [1.29, 1.82) is 0 Å². The third kappa shape index (κ3) is 3.93. The van der Waals surface area contributed by atoms with Crippen molar-refractivity contribution in [3.8, 4) is 0 Å². The summed E-state index contributed by atoms with van der Waals surface area (Å²) in [5.74, 6) is 1.89. The topological polar surface area (TPSA) is 46.0 Å². The highest BCUT2D eigenvalue weighted by Gasteiger charge is 2.20. The van der Waals surface area contributed by atoms with Crippen LogP contribution in [0, 0.1) is 13.8 Å². The van der Waals surface area contributed by atoms with Crippen molar-refractivity contribution in [2.45, 2.75) is 65.0 Å². The third-order valence-corrected chi connectivity index (χ3v) is 5.88. The Labute approximate surface area is 156 Å². The molecular formula is C21H31N5. The molecule has 1 aliphatic carbocycles. The lowest BCUT2D eigenvalue weighted by Gasteiger charge is -2.34. The Balaban J connectivity index is 1.20. The van der Waals surface area contributed by atoms with E-state index in [1.165, 1.54) is 37.8 Å². The van der Waals surface area contributed by atoms with Gasteiger partial charge in [-0.1, -0.05) is 6.07 Å². The monoisotopic (exact) mass is 353 g/mol. The minimum Gasteiger partial charge on any atom is -0.371 e. The van der Waals surface area contributed by atoms with E-state index in [0.717, 1.165) is 44.2 Å². The molecular weight excluding hydrogens is 322 g/mol. The first-order valence-electron chi connectivity index (χ1n) is 10.2. The van der Waals surface area contributed by atoms with E-state index < -0.39 is 0 Å². The average Bonchev–Trinajstić information content (AvgIpc) is 3.24. The molecule has 2 aromatic rings. The van der Waals surface area contributed by atoms with Gasteiger partial charge >= 0.3 is 0 Å². The number of piperidine rings is 1. The largest absolute Gasteiger partial charge is 0.371 e. The van der Waals surface area contributed by atoms with Crippen molar-refractivity contribution in [3.63, 3.8) is 0 Å². The fourth-order valence-electron chi connectivity index (χ4n) is 4.40. The summed E-state index contributed by atoms with van der Waals surface area (Å²) in [5.41, 5.74) is 4.59. The molecule has 0 saturated carbocycles. The van der Waals surface area contributed by atoms with Crippen LogP contribution in [-0.2, 0) is 19.4 Å². The lowest BCUT2D eigenvalue weighted by atomic mass is 10.0. The van der Waals surface area contributed by atoms with Crippen molar-refractivity contribution in [1.82, 2.24) is 20.1 Å². The predicted molar refractivity (Wildman–Crippen MR) is 106 cm³/mol. The molecule has 2 aliphatic rings. The molecule has 0 amide bonds. The number of hydrogen-bond donors (Lipinski definition) is 1. The Bertz CT molecular complexity index is 743. The van der Waals surface area contributed by atoms with Crippen LogP contribution < -0.4 is 10.2 Å². The van der Waals surface area contributed by atoms with E-state index in [1.54, 1.807) is 11.1 Å². The van der Waals surface area contributed by atoms with Gasteiger partial charge in [0.05, 0.1) is 0 Å². The first kappa shape index (κ1) is 17.5. The van der Waals surface area contributed by atoms with Gasteiger partial charge in [-0.05, 0) is 82.2 Å². The molecule has 1 saturated heterocycles. The van der Waals surface area contributed by atoms with E-state index in [1.807, 2.05) is 18.5 Å². The van der Waals surface area contributed by atoms with Gasteiger partial charge in [0, 0.05) is 31.4 Å². The van der Waals surface area contributed by atoms with Gasteiger partial charge in [-0.3, -0.25) is 4.68 Å². The van der Waals surface area contributed by atoms with Crippen LogP contribution in [0.3, 0.4) is 0 Å². The summed E-state index contributed by atoms with van der Waals surface area (Å²) in [5, 5.41) is 8.18. The Morgan fingerprint density at radius 1 is 1.12 bits per heavy atom. The molecule has 0 radical (unpaired) electrons. The quantitative estimate of drug-likeness (QED) is 0.811. The Morgan fingerprint density at radius 3 is 2.69 bits per heavy atom. The van der Waals surface area contributed by atoms with Crippen LogP contribution in [0.1, 0.15) is 48.5 Å². The summed E-state index contributed by atoms with van der Waals surface area (Å²) in [4.78, 5) is 6.93. The van der Waals surface area contributed by atoms with Crippen LogP contribution in [0.5, 0.6) is 0 Å². The van der Waals surface area contributed by atoms with Crippen LogP contribution in [0.4, 0.5) is 5.69 Å². The molecule has 0 atom stereocenters. The molecule has 0 bridgehead atoms. The van der Waals surface area contributed by atoms with Gasteiger partial charge in [0.1, 0.15) is 11.6 Å². The predicted octanol–water partition coefficient (Wildman–Crippen LogP) is 3.03. The van der Waals surface area contributed by atoms with Crippen LogP contribution in [0.25, 0.3) is 0 Å². The number of benzene rings is 1. The van der Waals surface area contributed by atoms with Crippen molar-refractivity contribution in [2.24, 2.45) is 0 Å². The molecule has 0 unspecified atom stereocenters. The molecule has 5 heteroatoms. The molecule has 1 N–H and O–H groups in total. The van der Waals surface area contributed by atoms with Gasteiger partial charge in [0.25, 0.3) is 0 Å². The zero-order chi connectivity index (χ0) is 17.9. The molecule has 1 aromatic heterocycles. The average molecular weight is 354 g/mol. The first-order chi connectivity index (χ1) is 12.7. The Kier molecular flexibility index (Phi) is 5.25. The number of aromatic nitrogens is 3. The molecule has 2 heterocycles. The van der Waals surface area contributed by atoms with Crippen LogP contribution in [0.2, 0.25) is 0 Å². The molecule has 140 valence electrons. The minimum atomic E-state index is 0.652. The van der Waals surface area contributed by atoms with Crippen molar-refractivity contribution in [2.75, 3.05) is 24.5 Å². The number of nitrogens with zero attached hydrogens (tertiary/aromatic N) is 4. The lowest BCUT2D eigenvalue weighted by Crippen LogP contribution is -2.43. The second-order valence-electron chi connectivity index (χ2n) is 7.80. The molecule has 1 aromatic carbocycles. The van der Waals surface area contributed by atoms with Crippen LogP contribution in [-0.4, -0.2) is 40.4 Å². The minimum absolute atomic E-state index is 0.652. The van der Waals surface area contributed by atoms with Gasteiger partial charge in [-0.15, -0.1) is 0 Å². The summed E-state index contributed by atoms with van der Waals surface area (Å²) in [6, 6.07) is 7.79. The maximum atomic E-state index is 4.43. The van der Waals surface area contributed by atoms with Gasteiger partial charge < -0.3 is 10.2 Å². The zero-order valence-corrected chi connectivity index (χ0v) is 16.2. The number of fused-ring (bicyclic) bond motifs is 1. The summed E-state index contributed by atoms with van der Waals surface area (Å²) >= 11 is 0. The zero-order valence-electron chi connectivity index (χ0n) is 16.2.